The molecule has 1 rings (SSSR count). The van der Waals surface area contributed by atoms with Gasteiger partial charge in [-0.1, -0.05) is 12.1 Å². The van der Waals surface area contributed by atoms with E-state index in [4.69, 9.17) is 0 Å². The number of hydrogen-bond acceptors (Lipinski definition) is 4. The molecule has 0 saturated carbocycles. The van der Waals surface area contributed by atoms with Crippen LogP contribution in [0, 0.1) is 0 Å². The Balaban J connectivity index is 2.60. The summed E-state index contributed by atoms with van der Waals surface area (Å²) in [4.78, 5) is 1.12. The predicted molar refractivity (Wildman–Crippen MR) is 74.4 cm³/mol. The number of sulfone groups is 1. The Morgan fingerprint density at radius 3 is 2.71 bits per heavy atom. The van der Waals surface area contributed by atoms with E-state index in [0.29, 0.717) is 11.8 Å². The third-order valence-corrected chi connectivity index (χ3v) is 4.71. The highest BCUT2D eigenvalue weighted by Crippen LogP contribution is 2.22. The average molecular weight is 273 g/mol. The zero-order chi connectivity index (χ0) is 12.9. The SMILES string of the molecule is CNC(C)c1cccc(SCCS(C)(=O)=O)c1. The van der Waals surface area contributed by atoms with Crippen LogP contribution in [-0.2, 0) is 9.84 Å². The fourth-order valence-electron chi connectivity index (χ4n) is 1.35. The van der Waals surface area contributed by atoms with Gasteiger partial charge in [-0.05, 0) is 31.7 Å². The van der Waals surface area contributed by atoms with Gasteiger partial charge in [0.15, 0.2) is 0 Å². The molecular formula is C12H19NO2S2. The molecule has 0 aliphatic carbocycles. The van der Waals surface area contributed by atoms with Crippen LogP contribution in [0.3, 0.4) is 0 Å². The van der Waals surface area contributed by atoms with Crippen molar-refractivity contribution >= 4 is 21.6 Å². The molecule has 0 aromatic heterocycles. The Morgan fingerprint density at radius 1 is 1.41 bits per heavy atom. The second-order valence-corrected chi connectivity index (χ2v) is 7.49. The molecule has 0 fully saturated rings. The molecule has 0 aliphatic heterocycles. The standard InChI is InChI=1S/C12H19NO2S2/c1-10(13-2)11-5-4-6-12(9-11)16-7-8-17(3,14)15/h4-6,9-10,13H,7-8H2,1-3H3. The number of rotatable bonds is 6. The lowest BCUT2D eigenvalue weighted by Gasteiger charge is -2.11. The zero-order valence-corrected chi connectivity index (χ0v) is 12.1. The van der Waals surface area contributed by atoms with Crippen LogP contribution >= 0.6 is 11.8 Å². The van der Waals surface area contributed by atoms with Crippen molar-refractivity contribution in [3.05, 3.63) is 29.8 Å². The third-order valence-electron chi connectivity index (χ3n) is 2.51. The van der Waals surface area contributed by atoms with Crippen molar-refractivity contribution in [1.29, 1.82) is 0 Å². The van der Waals surface area contributed by atoms with Crippen molar-refractivity contribution in [2.45, 2.75) is 17.9 Å². The molecule has 5 heteroatoms. The van der Waals surface area contributed by atoms with Gasteiger partial charge in [-0.25, -0.2) is 8.42 Å². The molecule has 3 nitrogen and oxygen atoms in total. The van der Waals surface area contributed by atoms with Gasteiger partial charge in [0, 0.05) is 22.9 Å². The molecule has 0 amide bonds. The molecule has 0 spiro atoms. The van der Waals surface area contributed by atoms with Gasteiger partial charge in [0.25, 0.3) is 0 Å². The number of hydrogen-bond donors (Lipinski definition) is 1. The predicted octanol–water partition coefficient (Wildman–Crippen LogP) is 2.10. The number of benzene rings is 1. The van der Waals surface area contributed by atoms with Gasteiger partial charge >= 0.3 is 0 Å². The summed E-state index contributed by atoms with van der Waals surface area (Å²) in [6.07, 6.45) is 1.27. The number of nitrogens with one attached hydrogen (secondary N) is 1. The normalized spacial score (nSPS) is 13.6. The summed E-state index contributed by atoms with van der Waals surface area (Å²) in [5, 5.41) is 3.18. The quantitative estimate of drug-likeness (QED) is 0.806. The van der Waals surface area contributed by atoms with E-state index < -0.39 is 9.84 Å². The van der Waals surface area contributed by atoms with Gasteiger partial charge in [-0.3, -0.25) is 0 Å². The van der Waals surface area contributed by atoms with Crippen LogP contribution in [0.15, 0.2) is 29.2 Å². The van der Waals surface area contributed by atoms with Crippen LogP contribution < -0.4 is 5.32 Å². The fourth-order valence-corrected chi connectivity index (χ4v) is 3.53. The summed E-state index contributed by atoms with van der Waals surface area (Å²) in [6, 6.07) is 8.51. The second-order valence-electron chi connectivity index (χ2n) is 4.06. The summed E-state index contributed by atoms with van der Waals surface area (Å²) >= 11 is 1.58. The molecular weight excluding hydrogens is 254 g/mol. The van der Waals surface area contributed by atoms with Crippen molar-refractivity contribution in [3.8, 4) is 0 Å². The minimum Gasteiger partial charge on any atom is -0.313 e. The smallest absolute Gasteiger partial charge is 0.148 e. The monoisotopic (exact) mass is 273 g/mol. The summed E-state index contributed by atoms with van der Waals surface area (Å²) in [5.74, 6) is 0.833. The molecule has 0 bridgehead atoms. The van der Waals surface area contributed by atoms with Gasteiger partial charge in [0.2, 0.25) is 0 Å². The summed E-state index contributed by atoms with van der Waals surface area (Å²) in [6.45, 7) is 2.10. The van der Waals surface area contributed by atoms with Crippen LogP contribution in [0.25, 0.3) is 0 Å². The van der Waals surface area contributed by atoms with Gasteiger partial charge in [-0.2, -0.15) is 0 Å². The first kappa shape index (κ1) is 14.5. The van der Waals surface area contributed by atoms with E-state index in [1.807, 2.05) is 19.2 Å². The molecule has 1 aromatic carbocycles. The lowest BCUT2D eigenvalue weighted by Crippen LogP contribution is -2.12. The number of thioether (sulfide) groups is 1. The molecule has 1 atom stereocenters. The summed E-state index contributed by atoms with van der Waals surface area (Å²) in [5.41, 5.74) is 1.22. The first-order chi connectivity index (χ1) is 7.92. The highest BCUT2D eigenvalue weighted by atomic mass is 32.2. The summed E-state index contributed by atoms with van der Waals surface area (Å²) < 4.78 is 22.0. The Labute approximate surface area is 108 Å². The zero-order valence-electron chi connectivity index (χ0n) is 10.4. The Morgan fingerprint density at radius 2 is 2.12 bits per heavy atom. The minimum absolute atomic E-state index is 0.226. The van der Waals surface area contributed by atoms with Crippen molar-refractivity contribution in [2.24, 2.45) is 0 Å². The van der Waals surface area contributed by atoms with Crippen LogP contribution in [-0.4, -0.2) is 33.2 Å². The molecule has 1 N–H and O–H groups in total. The van der Waals surface area contributed by atoms with E-state index in [-0.39, 0.29) is 5.75 Å². The van der Waals surface area contributed by atoms with E-state index in [9.17, 15) is 8.42 Å². The Kier molecular flexibility index (Phi) is 5.49. The van der Waals surface area contributed by atoms with Gasteiger partial charge in [0.1, 0.15) is 9.84 Å². The van der Waals surface area contributed by atoms with Crippen molar-refractivity contribution < 1.29 is 8.42 Å². The highest BCUT2D eigenvalue weighted by Gasteiger charge is 2.05. The molecule has 96 valence electrons. The van der Waals surface area contributed by atoms with E-state index in [2.05, 4.69) is 24.4 Å². The van der Waals surface area contributed by atoms with Gasteiger partial charge in [0.05, 0.1) is 5.75 Å². The van der Waals surface area contributed by atoms with Crippen LogP contribution in [0.2, 0.25) is 0 Å². The van der Waals surface area contributed by atoms with Crippen LogP contribution in [0.5, 0.6) is 0 Å². The van der Waals surface area contributed by atoms with Crippen LogP contribution in [0.1, 0.15) is 18.5 Å². The molecule has 1 aromatic rings. The maximum atomic E-state index is 11.0. The van der Waals surface area contributed by atoms with E-state index in [0.717, 1.165) is 4.90 Å². The van der Waals surface area contributed by atoms with Crippen molar-refractivity contribution in [2.75, 3.05) is 24.8 Å². The molecule has 0 heterocycles. The summed E-state index contributed by atoms with van der Waals surface area (Å²) in [7, 11) is -0.934. The topological polar surface area (TPSA) is 46.2 Å². The van der Waals surface area contributed by atoms with Crippen molar-refractivity contribution in [1.82, 2.24) is 5.32 Å². The van der Waals surface area contributed by atoms with E-state index in [1.54, 1.807) is 11.8 Å². The fraction of sp³-hybridized carbons (Fsp3) is 0.500. The lowest BCUT2D eigenvalue weighted by atomic mass is 10.1. The Hall–Kier alpha value is -0.520. The van der Waals surface area contributed by atoms with Gasteiger partial charge in [-0.15, -0.1) is 11.8 Å². The van der Waals surface area contributed by atoms with Crippen LogP contribution in [0.4, 0.5) is 0 Å². The van der Waals surface area contributed by atoms with Crippen molar-refractivity contribution in [3.63, 3.8) is 0 Å². The third kappa shape index (κ3) is 5.57. The first-order valence-electron chi connectivity index (χ1n) is 5.50. The molecule has 1 unspecified atom stereocenters. The minimum atomic E-state index is -2.86. The highest BCUT2D eigenvalue weighted by molar-refractivity contribution is 8.00. The van der Waals surface area contributed by atoms with E-state index >= 15 is 0 Å². The largest absolute Gasteiger partial charge is 0.313 e. The lowest BCUT2D eigenvalue weighted by molar-refractivity contribution is 0.603. The molecule has 0 radical (unpaired) electrons. The molecule has 17 heavy (non-hydrogen) atoms. The Bertz CT molecular complexity index is 457. The molecule has 0 saturated heterocycles. The maximum absolute atomic E-state index is 11.0. The van der Waals surface area contributed by atoms with E-state index in [1.165, 1.54) is 11.8 Å². The van der Waals surface area contributed by atoms with Gasteiger partial charge < -0.3 is 5.32 Å². The first-order valence-corrected chi connectivity index (χ1v) is 8.55. The second kappa shape index (κ2) is 6.42. The maximum Gasteiger partial charge on any atom is 0.148 e. The average Bonchev–Trinajstić information content (AvgIpc) is 2.27. The molecule has 0 aliphatic rings.